The van der Waals surface area contributed by atoms with Gasteiger partial charge in [0.05, 0.1) is 7.11 Å². The molecule has 2 heterocycles. The van der Waals surface area contributed by atoms with Crippen molar-refractivity contribution in [2.75, 3.05) is 7.11 Å². The third-order valence-electron chi connectivity index (χ3n) is 5.44. The Labute approximate surface area is 195 Å². The predicted molar refractivity (Wildman–Crippen MR) is 114 cm³/mol. The van der Waals surface area contributed by atoms with Crippen molar-refractivity contribution in [1.82, 2.24) is 0 Å². The SMILES string of the molecule is COc1c(O[C@@H]2O[C@H](C(=O)O)[C@@H](O)[C@H](O)[C@H]2O)cc2oc(-c3ccc(O)cc3)c(O)c(=O)c2c1O. The highest BCUT2D eigenvalue weighted by molar-refractivity contribution is 5.91. The zero-order valence-corrected chi connectivity index (χ0v) is 17.9. The highest BCUT2D eigenvalue weighted by Crippen LogP contribution is 2.44. The highest BCUT2D eigenvalue weighted by Gasteiger charge is 2.48. The lowest BCUT2D eigenvalue weighted by Gasteiger charge is -2.38. The van der Waals surface area contributed by atoms with E-state index in [-0.39, 0.29) is 28.4 Å². The number of rotatable bonds is 5. The van der Waals surface area contributed by atoms with E-state index >= 15 is 0 Å². The van der Waals surface area contributed by atoms with Gasteiger partial charge in [-0.05, 0) is 24.3 Å². The van der Waals surface area contributed by atoms with Gasteiger partial charge in [0.25, 0.3) is 0 Å². The van der Waals surface area contributed by atoms with Gasteiger partial charge in [0.15, 0.2) is 23.4 Å². The molecule has 1 fully saturated rings. The third kappa shape index (κ3) is 4.06. The zero-order valence-electron chi connectivity index (χ0n) is 17.9. The molecule has 0 aliphatic carbocycles. The first kappa shape index (κ1) is 24.1. The maximum Gasteiger partial charge on any atom is 0.335 e. The van der Waals surface area contributed by atoms with Gasteiger partial charge in [0, 0.05) is 11.6 Å². The van der Waals surface area contributed by atoms with Crippen molar-refractivity contribution in [3.05, 3.63) is 40.6 Å². The van der Waals surface area contributed by atoms with Crippen LogP contribution in [0.5, 0.6) is 28.7 Å². The number of phenolic OH excluding ortho intramolecular Hbond substituents is 2. The average Bonchev–Trinajstić information content (AvgIpc) is 2.82. The minimum Gasteiger partial charge on any atom is -0.508 e. The van der Waals surface area contributed by atoms with Crippen LogP contribution in [0.1, 0.15) is 0 Å². The van der Waals surface area contributed by atoms with E-state index in [1.165, 1.54) is 24.3 Å². The first-order valence-electron chi connectivity index (χ1n) is 10.0. The molecule has 5 atom stereocenters. The number of carboxylic acid groups (broad SMARTS) is 1. The van der Waals surface area contributed by atoms with E-state index in [1.807, 2.05) is 0 Å². The summed E-state index contributed by atoms with van der Waals surface area (Å²) in [5, 5.41) is 69.3. The first-order valence-corrected chi connectivity index (χ1v) is 10.0. The Balaban J connectivity index is 1.84. The fourth-order valence-corrected chi connectivity index (χ4v) is 3.65. The topological polar surface area (TPSA) is 217 Å². The monoisotopic (exact) mass is 492 g/mol. The molecule has 0 spiro atoms. The van der Waals surface area contributed by atoms with E-state index in [2.05, 4.69) is 0 Å². The van der Waals surface area contributed by atoms with Gasteiger partial charge in [-0.3, -0.25) is 4.79 Å². The van der Waals surface area contributed by atoms with Gasteiger partial charge in [-0.15, -0.1) is 0 Å². The van der Waals surface area contributed by atoms with Crippen LogP contribution >= 0.6 is 0 Å². The lowest BCUT2D eigenvalue weighted by Crippen LogP contribution is -2.61. The van der Waals surface area contributed by atoms with E-state index in [9.17, 15) is 45.3 Å². The van der Waals surface area contributed by atoms with Gasteiger partial charge in [0.2, 0.25) is 23.2 Å². The first-order chi connectivity index (χ1) is 16.5. The normalized spacial score (nSPS) is 24.3. The molecule has 0 unspecified atom stereocenters. The number of hydrogen-bond donors (Lipinski definition) is 7. The summed E-state index contributed by atoms with van der Waals surface area (Å²) >= 11 is 0. The summed E-state index contributed by atoms with van der Waals surface area (Å²) in [5.41, 5.74) is -1.11. The average molecular weight is 492 g/mol. The second-order valence-corrected chi connectivity index (χ2v) is 7.64. The van der Waals surface area contributed by atoms with Crippen molar-refractivity contribution < 1.29 is 59.2 Å². The number of methoxy groups -OCH3 is 1. The molecule has 13 nitrogen and oxygen atoms in total. The van der Waals surface area contributed by atoms with E-state index in [1.54, 1.807) is 0 Å². The molecule has 0 amide bonds. The Hall–Kier alpha value is -4.04. The smallest absolute Gasteiger partial charge is 0.335 e. The maximum absolute atomic E-state index is 12.8. The number of benzene rings is 2. The fourth-order valence-electron chi connectivity index (χ4n) is 3.65. The van der Waals surface area contributed by atoms with Gasteiger partial charge in [0.1, 0.15) is 35.0 Å². The standard InChI is InChI=1S/C22H20O13/c1-32-19-10(34-22-17(29)14(26)16(28)20(35-22)21(30)31)6-9-11(13(19)25)12(24)15(27)18(33-9)7-2-4-8(23)5-3-7/h2-6,14,16-17,20,22-23,25-29H,1H3,(H,30,31)/t14-,16-,17+,20-,22+/m0/s1. The number of phenols is 2. The van der Waals surface area contributed by atoms with Crippen LogP contribution in [0.15, 0.2) is 39.5 Å². The van der Waals surface area contributed by atoms with Crippen molar-refractivity contribution in [3.63, 3.8) is 0 Å². The van der Waals surface area contributed by atoms with Crippen LogP contribution in [-0.2, 0) is 9.53 Å². The molecule has 35 heavy (non-hydrogen) atoms. The van der Waals surface area contributed by atoms with Crippen molar-refractivity contribution in [2.45, 2.75) is 30.7 Å². The Morgan fingerprint density at radius 2 is 1.63 bits per heavy atom. The van der Waals surface area contributed by atoms with Gasteiger partial charge < -0.3 is 54.4 Å². The second kappa shape index (κ2) is 8.96. The number of carbonyl (C=O) groups is 1. The summed E-state index contributed by atoms with van der Waals surface area (Å²) in [5.74, 6) is -4.48. The highest BCUT2D eigenvalue weighted by atomic mass is 16.7. The third-order valence-corrected chi connectivity index (χ3v) is 5.44. The molecule has 0 saturated carbocycles. The van der Waals surface area contributed by atoms with E-state index in [0.29, 0.717) is 0 Å². The molecule has 4 rings (SSSR count). The van der Waals surface area contributed by atoms with Crippen molar-refractivity contribution in [3.8, 4) is 40.1 Å². The minimum atomic E-state index is -1.96. The van der Waals surface area contributed by atoms with Gasteiger partial charge in [-0.25, -0.2) is 4.79 Å². The predicted octanol–water partition coefficient (Wildman–Crippen LogP) is -0.144. The molecular weight excluding hydrogens is 472 g/mol. The molecule has 13 heteroatoms. The lowest BCUT2D eigenvalue weighted by molar-refractivity contribution is -0.271. The molecule has 1 aromatic heterocycles. The minimum absolute atomic E-state index is 0.0764. The number of carboxylic acids is 1. The number of fused-ring (bicyclic) bond motifs is 1. The number of hydrogen-bond acceptors (Lipinski definition) is 12. The molecule has 7 N–H and O–H groups in total. The van der Waals surface area contributed by atoms with E-state index < -0.39 is 64.7 Å². The number of aromatic hydroxyl groups is 3. The van der Waals surface area contributed by atoms with Crippen LogP contribution in [0.2, 0.25) is 0 Å². The summed E-state index contributed by atoms with van der Waals surface area (Å²) < 4.78 is 21.2. The molecule has 186 valence electrons. The van der Waals surface area contributed by atoms with Crippen LogP contribution in [-0.4, -0.2) is 79.5 Å². The summed E-state index contributed by atoms with van der Waals surface area (Å²) in [7, 11) is 1.11. The van der Waals surface area contributed by atoms with Crippen molar-refractivity contribution in [1.29, 1.82) is 0 Å². The maximum atomic E-state index is 12.8. The molecule has 3 aromatic rings. The van der Waals surface area contributed by atoms with Crippen LogP contribution in [0.25, 0.3) is 22.3 Å². The second-order valence-electron chi connectivity index (χ2n) is 7.64. The van der Waals surface area contributed by atoms with Crippen LogP contribution in [0.4, 0.5) is 0 Å². The molecule has 0 radical (unpaired) electrons. The summed E-state index contributed by atoms with van der Waals surface area (Å²) in [6, 6.07) is 6.37. The molecule has 2 aromatic carbocycles. The van der Waals surface area contributed by atoms with Crippen molar-refractivity contribution in [2.24, 2.45) is 0 Å². The van der Waals surface area contributed by atoms with Crippen LogP contribution in [0, 0.1) is 0 Å². The van der Waals surface area contributed by atoms with Gasteiger partial charge >= 0.3 is 5.97 Å². The molecule has 1 aliphatic heterocycles. The van der Waals surface area contributed by atoms with E-state index in [4.69, 9.17) is 18.6 Å². The summed E-state index contributed by atoms with van der Waals surface area (Å²) in [6.07, 6.45) is -9.62. The Bertz CT molecular complexity index is 1330. The molecule has 1 saturated heterocycles. The number of aliphatic hydroxyl groups is 3. The molecular formula is C22H20O13. The number of aliphatic carboxylic acids is 1. The van der Waals surface area contributed by atoms with Gasteiger partial charge in [-0.1, -0.05) is 0 Å². The number of aliphatic hydroxyl groups excluding tert-OH is 3. The van der Waals surface area contributed by atoms with Gasteiger partial charge in [-0.2, -0.15) is 0 Å². The Kier molecular flexibility index (Phi) is 6.17. The Morgan fingerprint density at radius 3 is 2.23 bits per heavy atom. The molecule has 1 aliphatic rings. The van der Waals surface area contributed by atoms with Crippen LogP contribution in [0.3, 0.4) is 0 Å². The summed E-state index contributed by atoms with van der Waals surface area (Å²) in [6.45, 7) is 0. The quantitative estimate of drug-likeness (QED) is 0.247. The zero-order chi connectivity index (χ0) is 25.6. The van der Waals surface area contributed by atoms with E-state index in [0.717, 1.165) is 13.2 Å². The fraction of sp³-hybridized carbons (Fsp3) is 0.273. The lowest BCUT2D eigenvalue weighted by atomic mass is 9.99. The summed E-state index contributed by atoms with van der Waals surface area (Å²) in [4.78, 5) is 24.2. The number of ether oxygens (including phenoxy) is 3. The largest absolute Gasteiger partial charge is 0.508 e. The van der Waals surface area contributed by atoms with Crippen LogP contribution < -0.4 is 14.9 Å². The Morgan fingerprint density at radius 1 is 0.971 bits per heavy atom. The van der Waals surface area contributed by atoms with Crippen molar-refractivity contribution >= 4 is 16.9 Å². The molecule has 0 bridgehead atoms.